The Labute approximate surface area is 186 Å². The highest BCUT2D eigenvalue weighted by molar-refractivity contribution is 6.10. The van der Waals surface area contributed by atoms with Crippen LogP contribution in [0.4, 0.5) is 10.1 Å². The number of carbonyl (C=O) groups excluding carboxylic acids is 2. The number of carboxylic acid groups (broad SMARTS) is 1. The molecule has 0 aliphatic rings. The van der Waals surface area contributed by atoms with Crippen molar-refractivity contribution in [2.45, 2.75) is 19.8 Å². The second kappa shape index (κ2) is 11.6. The van der Waals surface area contributed by atoms with Gasteiger partial charge in [-0.2, -0.15) is 0 Å². The van der Waals surface area contributed by atoms with Crippen molar-refractivity contribution in [2.24, 2.45) is 11.8 Å². The Morgan fingerprint density at radius 2 is 1.31 bits per heavy atom. The molecule has 6 heteroatoms. The minimum absolute atomic E-state index is 0.165. The Morgan fingerprint density at radius 3 is 1.72 bits per heavy atom. The maximum Gasteiger partial charge on any atom is 0.315 e. The van der Waals surface area contributed by atoms with Crippen molar-refractivity contribution in [1.82, 2.24) is 0 Å². The molecule has 3 rings (SSSR count). The number of Topliss-reactive ketones (excluding diaryl/α,β-unsaturated/α-hetero) is 2. The first-order valence-electron chi connectivity index (χ1n) is 10.1. The Morgan fingerprint density at radius 1 is 0.812 bits per heavy atom. The van der Waals surface area contributed by atoms with Crippen LogP contribution >= 0.6 is 0 Å². The van der Waals surface area contributed by atoms with Gasteiger partial charge in [0.05, 0.1) is 5.92 Å². The number of carbonyl (C=O) groups is 3. The molecule has 166 valence electrons. The minimum atomic E-state index is -1.50. The maximum absolute atomic E-state index is 13.1. The highest BCUT2D eigenvalue weighted by Gasteiger charge is 2.41. The van der Waals surface area contributed by atoms with Crippen molar-refractivity contribution in [3.05, 3.63) is 102 Å². The smallest absolute Gasteiger partial charge is 0.315 e. The molecule has 5 nitrogen and oxygen atoms in total. The molecule has 0 saturated heterocycles. The summed E-state index contributed by atoms with van der Waals surface area (Å²) in [5.74, 6) is -6.08. The third kappa shape index (κ3) is 6.60. The van der Waals surface area contributed by atoms with E-state index < -0.39 is 41.1 Å². The fourth-order valence-electron chi connectivity index (χ4n) is 3.19. The largest absolute Gasteiger partial charge is 0.481 e. The molecule has 0 fully saturated rings. The van der Waals surface area contributed by atoms with E-state index in [1.54, 1.807) is 44.2 Å². The molecule has 3 aromatic rings. The normalized spacial score (nSPS) is 12.2. The van der Waals surface area contributed by atoms with E-state index in [1.807, 2.05) is 30.3 Å². The number of rotatable bonds is 7. The van der Waals surface area contributed by atoms with Crippen molar-refractivity contribution in [2.75, 3.05) is 5.73 Å². The molecule has 3 aromatic carbocycles. The Hall–Kier alpha value is -3.80. The van der Waals surface area contributed by atoms with Crippen molar-refractivity contribution < 1.29 is 23.9 Å². The van der Waals surface area contributed by atoms with Crippen molar-refractivity contribution in [3.8, 4) is 0 Å². The standard InChI is InChI=1S/C20H19FO4.C6H7N/c1-12(2)18(22)17(20(24)25)16(13-6-4-3-5-7-13)19(23)14-8-10-15(21)11-9-14;7-6-4-2-1-3-5-6/h3-12,16-17H,1-2H3,(H,24,25);1-5H,7H2. The number of anilines is 1. The van der Waals surface area contributed by atoms with E-state index in [9.17, 15) is 23.9 Å². The molecule has 2 unspecified atom stereocenters. The molecular formula is C26H26FNO4. The molecule has 0 heterocycles. The van der Waals surface area contributed by atoms with E-state index >= 15 is 0 Å². The zero-order valence-electron chi connectivity index (χ0n) is 17.9. The molecule has 0 aliphatic heterocycles. The molecule has 0 radical (unpaired) electrons. The topological polar surface area (TPSA) is 97.5 Å². The SMILES string of the molecule is CC(C)C(=O)C(C(=O)O)C(C(=O)c1ccc(F)cc1)c1ccccc1.Nc1ccccc1. The number of hydrogen-bond acceptors (Lipinski definition) is 4. The molecule has 0 aliphatic carbocycles. The molecular weight excluding hydrogens is 409 g/mol. The van der Waals surface area contributed by atoms with E-state index in [-0.39, 0.29) is 5.56 Å². The summed E-state index contributed by atoms with van der Waals surface area (Å²) in [5.41, 5.74) is 6.79. The summed E-state index contributed by atoms with van der Waals surface area (Å²) in [4.78, 5) is 37.3. The van der Waals surface area contributed by atoms with Crippen LogP contribution in [-0.4, -0.2) is 22.6 Å². The third-order valence-corrected chi connectivity index (χ3v) is 4.84. The number of benzene rings is 3. The molecule has 0 bridgehead atoms. The molecule has 0 aromatic heterocycles. The van der Waals surface area contributed by atoms with E-state index in [4.69, 9.17) is 5.73 Å². The predicted molar refractivity (Wildman–Crippen MR) is 122 cm³/mol. The van der Waals surface area contributed by atoms with Gasteiger partial charge in [0.15, 0.2) is 11.6 Å². The number of nitrogen functional groups attached to an aromatic ring is 1. The number of halogens is 1. The molecule has 0 saturated carbocycles. The summed E-state index contributed by atoms with van der Waals surface area (Å²) >= 11 is 0. The number of ketones is 2. The van der Waals surface area contributed by atoms with Gasteiger partial charge in [-0.15, -0.1) is 0 Å². The van der Waals surface area contributed by atoms with Gasteiger partial charge in [-0.3, -0.25) is 14.4 Å². The fourth-order valence-corrected chi connectivity index (χ4v) is 3.19. The van der Waals surface area contributed by atoms with E-state index in [1.165, 1.54) is 12.1 Å². The Bertz CT molecular complexity index is 1030. The summed E-state index contributed by atoms with van der Waals surface area (Å²) in [6.07, 6.45) is 0. The van der Waals surface area contributed by atoms with Crippen LogP contribution in [0.3, 0.4) is 0 Å². The van der Waals surface area contributed by atoms with Gasteiger partial charge >= 0.3 is 5.97 Å². The van der Waals surface area contributed by atoms with E-state index in [0.29, 0.717) is 5.56 Å². The first-order valence-corrected chi connectivity index (χ1v) is 10.1. The van der Waals surface area contributed by atoms with Crippen molar-refractivity contribution >= 4 is 23.2 Å². The minimum Gasteiger partial charge on any atom is -0.481 e. The number of nitrogens with two attached hydrogens (primary N) is 1. The van der Waals surface area contributed by atoms with Gasteiger partial charge in [-0.1, -0.05) is 62.4 Å². The van der Waals surface area contributed by atoms with Crippen LogP contribution in [0.1, 0.15) is 35.7 Å². The number of aliphatic carboxylic acids is 1. The van der Waals surface area contributed by atoms with Crippen LogP contribution in [0.25, 0.3) is 0 Å². The van der Waals surface area contributed by atoms with E-state index in [2.05, 4.69) is 0 Å². The highest BCUT2D eigenvalue weighted by Crippen LogP contribution is 2.31. The summed E-state index contributed by atoms with van der Waals surface area (Å²) in [5, 5.41) is 9.63. The van der Waals surface area contributed by atoms with Gasteiger partial charge in [-0.25, -0.2) is 4.39 Å². The lowest BCUT2D eigenvalue weighted by atomic mass is 9.76. The van der Waals surface area contributed by atoms with Gasteiger partial charge in [0.1, 0.15) is 11.7 Å². The van der Waals surface area contributed by atoms with Crippen molar-refractivity contribution in [1.29, 1.82) is 0 Å². The zero-order chi connectivity index (χ0) is 23.7. The second-order valence-corrected chi connectivity index (χ2v) is 7.54. The van der Waals surface area contributed by atoms with Crippen LogP contribution in [-0.2, 0) is 9.59 Å². The van der Waals surface area contributed by atoms with Crippen LogP contribution in [0.2, 0.25) is 0 Å². The van der Waals surface area contributed by atoms with Crippen LogP contribution < -0.4 is 5.73 Å². The molecule has 2 atom stereocenters. The van der Waals surface area contributed by atoms with Gasteiger partial charge in [0, 0.05) is 17.2 Å². The van der Waals surface area contributed by atoms with Crippen LogP contribution in [0.5, 0.6) is 0 Å². The quantitative estimate of drug-likeness (QED) is 0.310. The predicted octanol–water partition coefficient (Wildman–Crippen LogP) is 4.99. The summed E-state index contributed by atoms with van der Waals surface area (Å²) < 4.78 is 13.1. The van der Waals surface area contributed by atoms with Crippen LogP contribution in [0, 0.1) is 17.7 Å². The highest BCUT2D eigenvalue weighted by atomic mass is 19.1. The summed E-state index contributed by atoms with van der Waals surface area (Å²) in [6.45, 7) is 3.20. The van der Waals surface area contributed by atoms with Gasteiger partial charge < -0.3 is 10.8 Å². The average Bonchev–Trinajstić information content (AvgIpc) is 2.78. The summed E-state index contributed by atoms with van der Waals surface area (Å²) in [7, 11) is 0. The molecule has 32 heavy (non-hydrogen) atoms. The number of para-hydroxylation sites is 1. The number of carboxylic acids is 1. The molecule has 0 amide bonds. The summed E-state index contributed by atoms with van der Waals surface area (Å²) in [6, 6.07) is 22.7. The average molecular weight is 435 g/mol. The molecule has 3 N–H and O–H groups in total. The van der Waals surface area contributed by atoms with Crippen LogP contribution in [0.15, 0.2) is 84.9 Å². The first kappa shape index (κ1) is 24.5. The maximum atomic E-state index is 13.1. The Kier molecular flexibility index (Phi) is 8.83. The van der Waals surface area contributed by atoms with Crippen molar-refractivity contribution in [3.63, 3.8) is 0 Å². The number of hydrogen-bond donors (Lipinski definition) is 2. The zero-order valence-corrected chi connectivity index (χ0v) is 17.9. The first-order chi connectivity index (χ1) is 15.2. The van der Waals surface area contributed by atoms with Gasteiger partial charge in [0.25, 0.3) is 0 Å². The second-order valence-electron chi connectivity index (χ2n) is 7.54. The Balaban J connectivity index is 0.000000439. The lowest BCUT2D eigenvalue weighted by molar-refractivity contribution is -0.147. The fraction of sp³-hybridized carbons (Fsp3) is 0.192. The van der Waals surface area contributed by atoms with E-state index in [0.717, 1.165) is 17.8 Å². The third-order valence-electron chi connectivity index (χ3n) is 4.84. The monoisotopic (exact) mass is 435 g/mol. The van der Waals surface area contributed by atoms with Gasteiger partial charge in [-0.05, 0) is 42.0 Å². The lowest BCUT2D eigenvalue weighted by Gasteiger charge is -2.24. The van der Waals surface area contributed by atoms with Gasteiger partial charge in [0.2, 0.25) is 0 Å². The molecule has 0 spiro atoms. The lowest BCUT2D eigenvalue weighted by Crippen LogP contribution is -2.36.